The summed E-state index contributed by atoms with van der Waals surface area (Å²) >= 11 is 0. The molecule has 0 unspecified atom stereocenters. The lowest BCUT2D eigenvalue weighted by molar-refractivity contribution is 0.863. The molecule has 1 aromatic heterocycles. The van der Waals surface area contributed by atoms with Crippen LogP contribution in [0.25, 0.3) is 11.3 Å². The van der Waals surface area contributed by atoms with E-state index in [-0.39, 0.29) is 0 Å². The van der Waals surface area contributed by atoms with Gasteiger partial charge in [0.25, 0.3) is 0 Å². The number of hydrogen-bond acceptors (Lipinski definition) is 2. The molecule has 0 saturated heterocycles. The highest BCUT2D eigenvalue weighted by Crippen LogP contribution is 2.18. The van der Waals surface area contributed by atoms with Crippen molar-refractivity contribution in [3.63, 3.8) is 0 Å². The van der Waals surface area contributed by atoms with Crippen LogP contribution in [-0.4, -0.2) is 16.5 Å². The summed E-state index contributed by atoms with van der Waals surface area (Å²) in [5, 5.41) is 3.46. The van der Waals surface area contributed by atoms with Gasteiger partial charge in [-0.05, 0) is 36.1 Å². The van der Waals surface area contributed by atoms with Gasteiger partial charge in [0, 0.05) is 12.2 Å². The fourth-order valence-electron chi connectivity index (χ4n) is 2.35. The zero-order valence-electron chi connectivity index (χ0n) is 11.9. The Morgan fingerprint density at radius 2 is 1.76 bits per heavy atom. The van der Waals surface area contributed by atoms with E-state index in [0.717, 1.165) is 36.3 Å². The van der Waals surface area contributed by atoms with E-state index in [0.29, 0.717) is 0 Å². The number of anilines is 1. The Labute approximate surface area is 125 Å². The number of aromatic nitrogens is 2. The van der Waals surface area contributed by atoms with Crippen LogP contribution in [0.2, 0.25) is 0 Å². The highest BCUT2D eigenvalue weighted by Gasteiger charge is 1.99. The van der Waals surface area contributed by atoms with E-state index in [2.05, 4.69) is 69.9 Å². The van der Waals surface area contributed by atoms with Gasteiger partial charge in [0.05, 0.1) is 18.2 Å². The molecule has 21 heavy (non-hydrogen) atoms. The van der Waals surface area contributed by atoms with Crippen molar-refractivity contribution in [3.8, 4) is 11.3 Å². The predicted molar refractivity (Wildman–Crippen MR) is 87.3 cm³/mol. The Kier molecular flexibility index (Phi) is 4.32. The lowest BCUT2D eigenvalue weighted by atomic mass is 10.1. The molecule has 0 radical (unpaired) electrons. The summed E-state index contributed by atoms with van der Waals surface area (Å²) in [6.07, 6.45) is 5.78. The summed E-state index contributed by atoms with van der Waals surface area (Å²) in [6.45, 7) is 0.984. The number of rotatable bonds is 6. The quantitative estimate of drug-likeness (QED) is 0.665. The molecule has 0 aliphatic carbocycles. The van der Waals surface area contributed by atoms with Crippen molar-refractivity contribution in [1.82, 2.24) is 9.97 Å². The Balaban J connectivity index is 1.47. The van der Waals surface area contributed by atoms with Crippen LogP contribution in [0.1, 0.15) is 12.0 Å². The number of imidazole rings is 1. The van der Waals surface area contributed by atoms with Crippen molar-refractivity contribution in [3.05, 3.63) is 72.7 Å². The van der Waals surface area contributed by atoms with Crippen LogP contribution >= 0.6 is 0 Å². The fraction of sp³-hybridized carbons (Fsp3) is 0.167. The van der Waals surface area contributed by atoms with Crippen LogP contribution in [0.15, 0.2) is 67.1 Å². The molecule has 0 fully saturated rings. The van der Waals surface area contributed by atoms with E-state index in [9.17, 15) is 0 Å². The molecule has 3 nitrogen and oxygen atoms in total. The van der Waals surface area contributed by atoms with Gasteiger partial charge in [-0.2, -0.15) is 0 Å². The third kappa shape index (κ3) is 3.72. The van der Waals surface area contributed by atoms with Gasteiger partial charge >= 0.3 is 0 Å². The first-order valence-corrected chi connectivity index (χ1v) is 7.28. The molecule has 0 atom stereocenters. The number of hydrogen-bond donors (Lipinski definition) is 2. The van der Waals surface area contributed by atoms with Crippen LogP contribution in [0.5, 0.6) is 0 Å². The second-order valence-corrected chi connectivity index (χ2v) is 5.06. The molecule has 0 aliphatic heterocycles. The standard InChI is InChI=1S/C18H19N3/c1-2-5-15(6-3-1)7-4-12-20-17-10-8-16(9-11-17)18-13-19-14-21-18/h1-3,5-6,8-11,13-14,20H,4,7,12H2,(H,19,21). The predicted octanol–water partition coefficient (Wildman–Crippen LogP) is 4.12. The molecule has 0 saturated carbocycles. The topological polar surface area (TPSA) is 40.7 Å². The first-order chi connectivity index (χ1) is 10.4. The molecule has 3 aromatic rings. The van der Waals surface area contributed by atoms with Gasteiger partial charge in [0.2, 0.25) is 0 Å². The van der Waals surface area contributed by atoms with E-state index in [1.165, 1.54) is 5.56 Å². The van der Waals surface area contributed by atoms with Crippen molar-refractivity contribution >= 4 is 5.69 Å². The highest BCUT2D eigenvalue weighted by atomic mass is 14.9. The van der Waals surface area contributed by atoms with Gasteiger partial charge in [-0.15, -0.1) is 0 Å². The number of benzene rings is 2. The van der Waals surface area contributed by atoms with E-state index < -0.39 is 0 Å². The molecular weight excluding hydrogens is 258 g/mol. The van der Waals surface area contributed by atoms with Crippen molar-refractivity contribution in [1.29, 1.82) is 0 Å². The first-order valence-electron chi connectivity index (χ1n) is 7.28. The summed E-state index contributed by atoms with van der Waals surface area (Å²) < 4.78 is 0. The van der Waals surface area contributed by atoms with Gasteiger partial charge in [0.15, 0.2) is 0 Å². The zero-order chi connectivity index (χ0) is 14.3. The van der Waals surface area contributed by atoms with E-state index in [4.69, 9.17) is 0 Å². The molecule has 0 amide bonds. The molecule has 1 heterocycles. The lowest BCUT2D eigenvalue weighted by Crippen LogP contribution is -2.02. The fourth-order valence-corrected chi connectivity index (χ4v) is 2.35. The number of H-pyrrole nitrogens is 1. The minimum absolute atomic E-state index is 0.984. The minimum Gasteiger partial charge on any atom is -0.385 e. The number of aromatic amines is 1. The summed E-state index contributed by atoms with van der Waals surface area (Å²) in [5.74, 6) is 0. The van der Waals surface area contributed by atoms with Crippen molar-refractivity contribution < 1.29 is 0 Å². The molecule has 0 aliphatic rings. The summed E-state index contributed by atoms with van der Waals surface area (Å²) in [7, 11) is 0. The zero-order valence-corrected chi connectivity index (χ0v) is 11.9. The molecule has 3 rings (SSSR count). The highest BCUT2D eigenvalue weighted by molar-refractivity contribution is 5.61. The second-order valence-electron chi connectivity index (χ2n) is 5.06. The maximum absolute atomic E-state index is 4.04. The molecule has 106 valence electrons. The maximum Gasteiger partial charge on any atom is 0.0924 e. The minimum atomic E-state index is 0.984. The maximum atomic E-state index is 4.04. The summed E-state index contributed by atoms with van der Waals surface area (Å²) in [5.41, 5.74) is 4.76. The van der Waals surface area contributed by atoms with Gasteiger partial charge in [-0.1, -0.05) is 42.5 Å². The molecular formula is C18H19N3. The molecule has 3 heteroatoms. The third-order valence-electron chi connectivity index (χ3n) is 3.51. The molecule has 2 aromatic carbocycles. The van der Waals surface area contributed by atoms with Crippen LogP contribution in [0.3, 0.4) is 0 Å². The molecule has 2 N–H and O–H groups in total. The Morgan fingerprint density at radius 1 is 0.952 bits per heavy atom. The lowest BCUT2D eigenvalue weighted by Gasteiger charge is -2.07. The van der Waals surface area contributed by atoms with Gasteiger partial charge in [-0.25, -0.2) is 4.98 Å². The van der Waals surface area contributed by atoms with Crippen LogP contribution in [0.4, 0.5) is 5.69 Å². The van der Waals surface area contributed by atoms with Crippen molar-refractivity contribution in [2.45, 2.75) is 12.8 Å². The Hall–Kier alpha value is -2.55. The molecule has 0 spiro atoms. The van der Waals surface area contributed by atoms with Gasteiger partial charge < -0.3 is 10.3 Å². The Morgan fingerprint density at radius 3 is 2.48 bits per heavy atom. The van der Waals surface area contributed by atoms with E-state index >= 15 is 0 Å². The number of nitrogens with one attached hydrogen (secondary N) is 2. The SMILES string of the molecule is c1ccc(CCCNc2ccc(-c3cnc[nH]3)cc2)cc1. The van der Waals surface area contributed by atoms with Crippen LogP contribution < -0.4 is 5.32 Å². The average molecular weight is 277 g/mol. The summed E-state index contributed by atoms with van der Waals surface area (Å²) in [4.78, 5) is 7.15. The van der Waals surface area contributed by atoms with E-state index in [1.807, 2.05) is 6.20 Å². The smallest absolute Gasteiger partial charge is 0.0924 e. The van der Waals surface area contributed by atoms with Crippen molar-refractivity contribution in [2.24, 2.45) is 0 Å². The van der Waals surface area contributed by atoms with Gasteiger partial charge in [-0.3, -0.25) is 0 Å². The number of aryl methyl sites for hydroxylation is 1. The van der Waals surface area contributed by atoms with E-state index in [1.54, 1.807) is 6.33 Å². The molecule has 0 bridgehead atoms. The second kappa shape index (κ2) is 6.75. The third-order valence-corrected chi connectivity index (χ3v) is 3.51. The Bertz CT molecular complexity index is 643. The number of nitrogens with zero attached hydrogens (tertiary/aromatic N) is 1. The monoisotopic (exact) mass is 277 g/mol. The van der Waals surface area contributed by atoms with Crippen LogP contribution in [-0.2, 0) is 6.42 Å². The van der Waals surface area contributed by atoms with Gasteiger partial charge in [0.1, 0.15) is 0 Å². The largest absolute Gasteiger partial charge is 0.385 e. The van der Waals surface area contributed by atoms with Crippen molar-refractivity contribution in [2.75, 3.05) is 11.9 Å². The average Bonchev–Trinajstić information content (AvgIpc) is 3.08. The normalized spacial score (nSPS) is 10.5. The summed E-state index contributed by atoms with van der Waals surface area (Å²) in [6, 6.07) is 19.0. The van der Waals surface area contributed by atoms with Crippen LogP contribution in [0, 0.1) is 0 Å². The first kappa shape index (κ1) is 13.4.